The number of rotatable bonds is 6. The minimum Gasteiger partial charge on any atom is -0.369 e. The van der Waals surface area contributed by atoms with Gasteiger partial charge in [-0.25, -0.2) is 0 Å². The highest BCUT2D eigenvalue weighted by molar-refractivity contribution is 5.94. The molecule has 2 aromatic carbocycles. The van der Waals surface area contributed by atoms with Crippen molar-refractivity contribution in [2.24, 2.45) is 0 Å². The van der Waals surface area contributed by atoms with E-state index in [-0.39, 0.29) is 18.4 Å². The number of nitrogens with zero attached hydrogens (tertiary/aromatic N) is 3. The van der Waals surface area contributed by atoms with Gasteiger partial charge in [0.1, 0.15) is 6.54 Å². The fourth-order valence-corrected chi connectivity index (χ4v) is 3.47. The molecule has 3 rings (SSSR count). The maximum atomic E-state index is 12.5. The number of hydrogen-bond donors (Lipinski definition) is 1. The largest absolute Gasteiger partial charge is 0.369 e. The lowest BCUT2D eigenvalue weighted by Crippen LogP contribution is -2.44. The second-order valence-electron chi connectivity index (χ2n) is 7.69. The van der Waals surface area contributed by atoms with Gasteiger partial charge in [-0.05, 0) is 49.4 Å². The number of hydrogen-bond acceptors (Lipinski definition) is 4. The number of benzene rings is 2. The number of likely N-dealkylation sites (N-methyl/N-ethyl adjacent to an activating group) is 1. The smallest absolute Gasteiger partial charge is 0.244 e. The summed E-state index contributed by atoms with van der Waals surface area (Å²) in [7, 11) is 2.14. The highest BCUT2D eigenvalue weighted by atomic mass is 16.2. The summed E-state index contributed by atoms with van der Waals surface area (Å²) in [5.74, 6) is -0.310. The molecule has 29 heavy (non-hydrogen) atoms. The lowest BCUT2D eigenvalue weighted by molar-refractivity contribution is -0.133. The van der Waals surface area contributed by atoms with Gasteiger partial charge >= 0.3 is 0 Å². The zero-order valence-electron chi connectivity index (χ0n) is 17.5. The summed E-state index contributed by atoms with van der Waals surface area (Å²) in [6, 6.07) is 15.8. The number of anilines is 2. The van der Waals surface area contributed by atoms with E-state index in [0.29, 0.717) is 6.54 Å². The standard InChI is InChI=1S/C23H30N4O2/c1-18-6-4-5-7-20(18)16-27(19(2)28)17-23(29)24-21-8-10-22(11-9-21)26-14-12-25(3)13-15-26/h4-11H,12-17H2,1-3H3,(H,24,29). The molecule has 1 heterocycles. The van der Waals surface area contributed by atoms with Crippen LogP contribution in [0.3, 0.4) is 0 Å². The van der Waals surface area contributed by atoms with Crippen molar-refractivity contribution in [3.05, 3.63) is 59.7 Å². The maximum absolute atomic E-state index is 12.5. The molecule has 0 aliphatic carbocycles. The van der Waals surface area contributed by atoms with Crippen molar-refractivity contribution in [3.63, 3.8) is 0 Å². The molecule has 154 valence electrons. The lowest BCUT2D eigenvalue weighted by Gasteiger charge is -2.34. The molecule has 1 aliphatic heterocycles. The Balaban J connectivity index is 1.57. The third-order valence-electron chi connectivity index (χ3n) is 5.42. The normalized spacial score (nSPS) is 14.5. The van der Waals surface area contributed by atoms with Gasteiger partial charge < -0.3 is 20.0 Å². The van der Waals surface area contributed by atoms with E-state index in [2.05, 4.69) is 22.2 Å². The number of amides is 2. The fourth-order valence-electron chi connectivity index (χ4n) is 3.47. The van der Waals surface area contributed by atoms with E-state index in [1.165, 1.54) is 12.6 Å². The lowest BCUT2D eigenvalue weighted by atomic mass is 10.1. The van der Waals surface area contributed by atoms with Crippen molar-refractivity contribution in [1.82, 2.24) is 9.80 Å². The molecule has 1 N–H and O–H groups in total. The van der Waals surface area contributed by atoms with Crippen LogP contribution in [-0.2, 0) is 16.1 Å². The summed E-state index contributed by atoms with van der Waals surface area (Å²) >= 11 is 0. The number of carbonyl (C=O) groups excluding carboxylic acids is 2. The highest BCUT2D eigenvalue weighted by Gasteiger charge is 2.16. The zero-order valence-corrected chi connectivity index (χ0v) is 17.5. The van der Waals surface area contributed by atoms with Gasteiger partial charge in [0.2, 0.25) is 11.8 Å². The van der Waals surface area contributed by atoms with Crippen molar-refractivity contribution >= 4 is 23.2 Å². The van der Waals surface area contributed by atoms with E-state index in [0.717, 1.165) is 43.0 Å². The van der Waals surface area contributed by atoms with Crippen LogP contribution in [0.25, 0.3) is 0 Å². The van der Waals surface area contributed by atoms with Crippen LogP contribution in [0.4, 0.5) is 11.4 Å². The summed E-state index contributed by atoms with van der Waals surface area (Å²) in [4.78, 5) is 30.8. The molecule has 0 unspecified atom stereocenters. The molecule has 0 atom stereocenters. The van der Waals surface area contributed by atoms with Crippen LogP contribution in [0.15, 0.2) is 48.5 Å². The van der Waals surface area contributed by atoms with Gasteiger partial charge in [-0.15, -0.1) is 0 Å². The van der Waals surface area contributed by atoms with Gasteiger partial charge in [-0.1, -0.05) is 24.3 Å². The summed E-state index contributed by atoms with van der Waals surface area (Å²) in [6.07, 6.45) is 0. The van der Waals surface area contributed by atoms with E-state index < -0.39 is 0 Å². The van der Waals surface area contributed by atoms with E-state index in [4.69, 9.17) is 0 Å². The molecule has 2 amide bonds. The molecule has 1 aliphatic rings. The number of aryl methyl sites for hydroxylation is 1. The first-order chi connectivity index (χ1) is 13.9. The van der Waals surface area contributed by atoms with Crippen molar-refractivity contribution in [3.8, 4) is 0 Å². The average molecular weight is 395 g/mol. The van der Waals surface area contributed by atoms with E-state index in [1.807, 2.05) is 55.5 Å². The zero-order chi connectivity index (χ0) is 20.8. The predicted octanol–water partition coefficient (Wildman–Crippen LogP) is 2.73. The van der Waals surface area contributed by atoms with Gasteiger partial charge in [-0.2, -0.15) is 0 Å². The molecule has 0 radical (unpaired) electrons. The van der Waals surface area contributed by atoms with Crippen molar-refractivity contribution in [1.29, 1.82) is 0 Å². The van der Waals surface area contributed by atoms with Gasteiger partial charge in [0.25, 0.3) is 0 Å². The van der Waals surface area contributed by atoms with E-state index in [9.17, 15) is 9.59 Å². The quantitative estimate of drug-likeness (QED) is 0.819. The third kappa shape index (κ3) is 5.81. The fraction of sp³-hybridized carbons (Fsp3) is 0.391. The van der Waals surface area contributed by atoms with Crippen molar-refractivity contribution < 1.29 is 9.59 Å². The third-order valence-corrected chi connectivity index (χ3v) is 5.42. The number of piperazine rings is 1. The van der Waals surface area contributed by atoms with Gasteiger partial charge in [0.15, 0.2) is 0 Å². The van der Waals surface area contributed by atoms with Crippen LogP contribution >= 0.6 is 0 Å². The van der Waals surface area contributed by atoms with Crippen LogP contribution in [0.2, 0.25) is 0 Å². The second-order valence-corrected chi connectivity index (χ2v) is 7.69. The Kier molecular flexibility index (Phi) is 6.88. The summed E-state index contributed by atoms with van der Waals surface area (Å²) < 4.78 is 0. The van der Waals surface area contributed by atoms with Crippen LogP contribution in [0, 0.1) is 6.92 Å². The average Bonchev–Trinajstić information content (AvgIpc) is 2.70. The Morgan fingerprint density at radius 3 is 2.28 bits per heavy atom. The SMILES string of the molecule is CC(=O)N(CC(=O)Nc1ccc(N2CCN(C)CC2)cc1)Cc1ccccc1C. The van der Waals surface area contributed by atoms with Crippen LogP contribution < -0.4 is 10.2 Å². The van der Waals surface area contributed by atoms with Crippen LogP contribution in [0.1, 0.15) is 18.1 Å². The monoisotopic (exact) mass is 394 g/mol. The molecule has 6 nitrogen and oxygen atoms in total. The molecule has 0 aromatic heterocycles. The summed E-state index contributed by atoms with van der Waals surface area (Å²) in [5.41, 5.74) is 4.07. The Labute approximate surface area is 173 Å². The highest BCUT2D eigenvalue weighted by Crippen LogP contribution is 2.19. The van der Waals surface area contributed by atoms with Gasteiger partial charge in [0.05, 0.1) is 0 Å². The van der Waals surface area contributed by atoms with Crippen molar-refractivity contribution in [2.45, 2.75) is 20.4 Å². The minimum absolute atomic E-state index is 0.0316. The first-order valence-corrected chi connectivity index (χ1v) is 10.1. The van der Waals surface area contributed by atoms with Crippen LogP contribution in [0.5, 0.6) is 0 Å². The molecule has 1 saturated heterocycles. The Morgan fingerprint density at radius 2 is 1.66 bits per heavy atom. The molecule has 2 aromatic rings. The van der Waals surface area contributed by atoms with Gasteiger partial charge in [-0.3, -0.25) is 9.59 Å². The molecular weight excluding hydrogens is 364 g/mol. The first kappa shape index (κ1) is 20.9. The molecule has 6 heteroatoms. The molecule has 0 saturated carbocycles. The Morgan fingerprint density at radius 1 is 1.00 bits per heavy atom. The molecular formula is C23H30N4O2. The number of carbonyl (C=O) groups is 2. The minimum atomic E-state index is -0.193. The van der Waals surface area contributed by atoms with Gasteiger partial charge in [0, 0.05) is 51.0 Å². The maximum Gasteiger partial charge on any atom is 0.244 e. The topological polar surface area (TPSA) is 55.9 Å². The number of nitrogens with one attached hydrogen (secondary N) is 1. The first-order valence-electron chi connectivity index (χ1n) is 10.1. The Bertz CT molecular complexity index is 842. The molecule has 1 fully saturated rings. The van der Waals surface area contributed by atoms with E-state index >= 15 is 0 Å². The predicted molar refractivity (Wildman–Crippen MR) is 117 cm³/mol. The summed E-state index contributed by atoms with van der Waals surface area (Å²) in [6.45, 7) is 8.09. The molecule has 0 bridgehead atoms. The van der Waals surface area contributed by atoms with E-state index in [1.54, 1.807) is 4.90 Å². The summed E-state index contributed by atoms with van der Waals surface area (Å²) in [5, 5.41) is 2.91. The molecule has 0 spiro atoms. The van der Waals surface area contributed by atoms with Crippen LogP contribution in [-0.4, -0.2) is 61.4 Å². The van der Waals surface area contributed by atoms with Crippen molar-refractivity contribution in [2.75, 3.05) is 50.0 Å². The Hall–Kier alpha value is -2.86. The second kappa shape index (κ2) is 9.56.